The number of piperidine rings is 1. The molecular weight excluding hydrogens is 150 g/mol. The Kier molecular flexibility index (Phi) is 4.30. The molecule has 0 amide bonds. The molecule has 1 aliphatic heterocycles. The zero-order chi connectivity index (χ0) is 8.81. The van der Waals surface area contributed by atoms with Crippen molar-refractivity contribution in [2.75, 3.05) is 19.6 Å². The van der Waals surface area contributed by atoms with Gasteiger partial charge in [-0.25, -0.2) is 0 Å². The van der Waals surface area contributed by atoms with E-state index in [1.807, 2.05) is 0 Å². The first-order chi connectivity index (χ1) is 5.83. The van der Waals surface area contributed by atoms with E-state index in [0.29, 0.717) is 12.3 Å². The molecule has 0 aromatic rings. The summed E-state index contributed by atoms with van der Waals surface area (Å²) in [7, 11) is 0. The maximum atomic E-state index is 11.3. The number of carbonyl (C=O) groups is 1. The number of carbonyl (C=O) groups excluding carboxylic acids is 1. The molecule has 2 heteroatoms. The predicted octanol–water partition coefficient (Wildman–Crippen LogP) is 1.84. The van der Waals surface area contributed by atoms with Gasteiger partial charge in [0.2, 0.25) is 0 Å². The number of hydrogen-bond donors (Lipinski definition) is 0. The highest BCUT2D eigenvalue weighted by Gasteiger charge is 2.12. The van der Waals surface area contributed by atoms with Gasteiger partial charge in [0.1, 0.15) is 5.78 Å². The monoisotopic (exact) mass is 169 g/mol. The molecule has 1 rings (SSSR count). The summed E-state index contributed by atoms with van der Waals surface area (Å²) in [5.74, 6) is 0.416. The summed E-state index contributed by atoms with van der Waals surface area (Å²) in [5.41, 5.74) is 0. The van der Waals surface area contributed by atoms with Crippen LogP contribution in [0, 0.1) is 0 Å². The van der Waals surface area contributed by atoms with Crippen molar-refractivity contribution < 1.29 is 4.79 Å². The van der Waals surface area contributed by atoms with Crippen LogP contribution in [0.25, 0.3) is 0 Å². The Morgan fingerprint density at radius 2 is 1.92 bits per heavy atom. The van der Waals surface area contributed by atoms with Crippen molar-refractivity contribution in [2.24, 2.45) is 0 Å². The second kappa shape index (κ2) is 5.31. The van der Waals surface area contributed by atoms with Crippen LogP contribution in [-0.4, -0.2) is 30.3 Å². The maximum Gasteiger partial charge on any atom is 0.146 e. The predicted molar refractivity (Wildman–Crippen MR) is 50.2 cm³/mol. The van der Waals surface area contributed by atoms with Crippen molar-refractivity contribution in [3.8, 4) is 0 Å². The Labute approximate surface area is 74.9 Å². The highest BCUT2D eigenvalue weighted by atomic mass is 16.1. The van der Waals surface area contributed by atoms with E-state index in [1.165, 1.54) is 19.3 Å². The standard InChI is InChI=1S/C10H19NO/c1-2-6-10(12)9-11-7-4-3-5-8-11/h2-9H2,1H3. The summed E-state index contributed by atoms with van der Waals surface area (Å²) in [6, 6.07) is 0. The van der Waals surface area contributed by atoms with E-state index in [1.54, 1.807) is 0 Å². The van der Waals surface area contributed by atoms with Gasteiger partial charge in [0.25, 0.3) is 0 Å². The van der Waals surface area contributed by atoms with Gasteiger partial charge in [0.05, 0.1) is 6.54 Å². The summed E-state index contributed by atoms with van der Waals surface area (Å²) in [4.78, 5) is 13.6. The Morgan fingerprint density at radius 3 is 2.50 bits per heavy atom. The van der Waals surface area contributed by atoms with Crippen molar-refractivity contribution >= 4 is 5.78 Å². The van der Waals surface area contributed by atoms with Crippen LogP contribution in [0.1, 0.15) is 39.0 Å². The molecule has 12 heavy (non-hydrogen) atoms. The number of likely N-dealkylation sites (tertiary alicyclic amines) is 1. The fourth-order valence-electron chi connectivity index (χ4n) is 1.72. The van der Waals surface area contributed by atoms with Crippen molar-refractivity contribution in [2.45, 2.75) is 39.0 Å². The van der Waals surface area contributed by atoms with Gasteiger partial charge in [-0.05, 0) is 32.4 Å². The molecule has 0 aromatic carbocycles. The molecule has 0 aromatic heterocycles. The lowest BCUT2D eigenvalue weighted by atomic mass is 10.1. The molecule has 70 valence electrons. The van der Waals surface area contributed by atoms with Gasteiger partial charge >= 0.3 is 0 Å². The molecule has 1 aliphatic rings. The first kappa shape index (κ1) is 9.72. The minimum absolute atomic E-state index is 0.416. The lowest BCUT2D eigenvalue weighted by Crippen LogP contribution is -2.34. The number of nitrogens with zero attached hydrogens (tertiary/aromatic N) is 1. The average Bonchev–Trinajstić information content (AvgIpc) is 2.06. The van der Waals surface area contributed by atoms with Gasteiger partial charge in [-0.15, -0.1) is 0 Å². The summed E-state index contributed by atoms with van der Waals surface area (Å²) in [6.07, 6.45) is 5.65. The Balaban J connectivity index is 2.15. The van der Waals surface area contributed by atoms with Crippen molar-refractivity contribution in [1.29, 1.82) is 0 Å². The third-order valence-electron chi connectivity index (χ3n) is 2.38. The highest BCUT2D eigenvalue weighted by molar-refractivity contribution is 5.80. The molecule has 0 spiro atoms. The first-order valence-corrected chi connectivity index (χ1v) is 5.07. The molecule has 0 atom stereocenters. The topological polar surface area (TPSA) is 20.3 Å². The highest BCUT2D eigenvalue weighted by Crippen LogP contribution is 2.08. The Morgan fingerprint density at radius 1 is 1.25 bits per heavy atom. The molecule has 0 unspecified atom stereocenters. The van der Waals surface area contributed by atoms with Crippen LogP contribution in [0.15, 0.2) is 0 Å². The fraction of sp³-hybridized carbons (Fsp3) is 0.900. The first-order valence-electron chi connectivity index (χ1n) is 5.07. The molecule has 1 heterocycles. The van der Waals surface area contributed by atoms with E-state index >= 15 is 0 Å². The summed E-state index contributed by atoms with van der Waals surface area (Å²) in [6.45, 7) is 5.03. The molecular formula is C10H19NO. The van der Waals surface area contributed by atoms with Gasteiger partial charge in [0, 0.05) is 6.42 Å². The third kappa shape index (κ3) is 3.35. The van der Waals surface area contributed by atoms with E-state index in [-0.39, 0.29) is 0 Å². The number of Topliss-reactive ketones (excluding diaryl/α,β-unsaturated/α-hetero) is 1. The van der Waals surface area contributed by atoms with E-state index in [4.69, 9.17) is 0 Å². The average molecular weight is 169 g/mol. The second-order valence-corrected chi connectivity index (χ2v) is 3.63. The van der Waals surface area contributed by atoms with E-state index in [9.17, 15) is 4.79 Å². The minimum atomic E-state index is 0.416. The minimum Gasteiger partial charge on any atom is -0.298 e. The lowest BCUT2D eigenvalue weighted by Gasteiger charge is -2.25. The van der Waals surface area contributed by atoms with Crippen LogP contribution in [0.4, 0.5) is 0 Å². The molecule has 0 bridgehead atoms. The van der Waals surface area contributed by atoms with Gasteiger partial charge < -0.3 is 0 Å². The molecule has 2 nitrogen and oxygen atoms in total. The SMILES string of the molecule is CCCC(=O)CN1CCCCC1. The van der Waals surface area contributed by atoms with Gasteiger partial charge in [-0.2, -0.15) is 0 Å². The van der Waals surface area contributed by atoms with Crippen LogP contribution < -0.4 is 0 Å². The van der Waals surface area contributed by atoms with Crippen LogP contribution in [0.3, 0.4) is 0 Å². The van der Waals surface area contributed by atoms with Crippen LogP contribution in [0.2, 0.25) is 0 Å². The van der Waals surface area contributed by atoms with E-state index in [0.717, 1.165) is 25.9 Å². The molecule has 0 N–H and O–H groups in total. The van der Waals surface area contributed by atoms with Crippen molar-refractivity contribution in [3.63, 3.8) is 0 Å². The summed E-state index contributed by atoms with van der Waals surface area (Å²) in [5, 5.41) is 0. The smallest absolute Gasteiger partial charge is 0.146 e. The van der Waals surface area contributed by atoms with Crippen LogP contribution in [0.5, 0.6) is 0 Å². The normalized spacial score (nSPS) is 19.4. The molecule has 0 radical (unpaired) electrons. The summed E-state index contributed by atoms with van der Waals surface area (Å²) >= 11 is 0. The second-order valence-electron chi connectivity index (χ2n) is 3.63. The van der Waals surface area contributed by atoms with Crippen LogP contribution in [-0.2, 0) is 4.79 Å². The maximum absolute atomic E-state index is 11.3. The zero-order valence-electron chi connectivity index (χ0n) is 8.01. The molecule has 1 saturated heterocycles. The molecule has 0 aliphatic carbocycles. The molecule has 1 fully saturated rings. The quantitative estimate of drug-likeness (QED) is 0.640. The third-order valence-corrected chi connectivity index (χ3v) is 2.38. The number of ketones is 1. The van der Waals surface area contributed by atoms with Gasteiger partial charge in [-0.3, -0.25) is 9.69 Å². The summed E-state index contributed by atoms with van der Waals surface area (Å²) < 4.78 is 0. The van der Waals surface area contributed by atoms with Crippen LogP contribution >= 0.6 is 0 Å². The van der Waals surface area contributed by atoms with E-state index < -0.39 is 0 Å². The van der Waals surface area contributed by atoms with Crippen molar-refractivity contribution in [3.05, 3.63) is 0 Å². The van der Waals surface area contributed by atoms with Crippen molar-refractivity contribution in [1.82, 2.24) is 4.90 Å². The fourth-order valence-corrected chi connectivity index (χ4v) is 1.72. The Bertz CT molecular complexity index is 139. The number of hydrogen-bond acceptors (Lipinski definition) is 2. The van der Waals surface area contributed by atoms with Gasteiger partial charge in [0.15, 0.2) is 0 Å². The Hall–Kier alpha value is -0.370. The zero-order valence-corrected chi connectivity index (χ0v) is 8.01. The lowest BCUT2D eigenvalue weighted by molar-refractivity contribution is -0.120. The largest absolute Gasteiger partial charge is 0.298 e. The molecule has 0 saturated carbocycles. The van der Waals surface area contributed by atoms with Gasteiger partial charge in [-0.1, -0.05) is 13.3 Å². The van der Waals surface area contributed by atoms with E-state index in [2.05, 4.69) is 11.8 Å². The number of rotatable bonds is 4.